The fourth-order valence-corrected chi connectivity index (χ4v) is 3.81. The van der Waals surface area contributed by atoms with Gasteiger partial charge in [-0.3, -0.25) is 4.79 Å². The SMILES string of the molecule is NCC1CCN(C(=O)c2nc(-c3cccs3)n(-c3cccc(F)c3)n2)C1. The molecule has 4 rings (SSSR count). The molecule has 1 aliphatic heterocycles. The number of aromatic nitrogens is 3. The van der Waals surface area contributed by atoms with Crippen molar-refractivity contribution in [3.8, 4) is 16.4 Å². The monoisotopic (exact) mass is 371 g/mol. The molecule has 0 saturated carbocycles. The van der Waals surface area contributed by atoms with Gasteiger partial charge in [-0.1, -0.05) is 12.1 Å². The molecule has 1 aliphatic rings. The highest BCUT2D eigenvalue weighted by molar-refractivity contribution is 7.13. The molecule has 0 aliphatic carbocycles. The van der Waals surface area contributed by atoms with Gasteiger partial charge in [-0.15, -0.1) is 16.4 Å². The molecule has 1 unspecified atom stereocenters. The number of carbonyl (C=O) groups is 1. The second kappa shape index (κ2) is 6.97. The molecule has 1 amide bonds. The molecule has 0 radical (unpaired) electrons. The Morgan fingerprint density at radius 1 is 1.35 bits per heavy atom. The number of benzene rings is 1. The van der Waals surface area contributed by atoms with Crippen LogP contribution in [-0.4, -0.2) is 45.2 Å². The van der Waals surface area contributed by atoms with Crippen molar-refractivity contribution in [2.45, 2.75) is 6.42 Å². The predicted molar refractivity (Wildman–Crippen MR) is 97.7 cm³/mol. The number of halogens is 1. The Morgan fingerprint density at radius 3 is 2.92 bits per heavy atom. The Bertz CT molecular complexity index is 924. The van der Waals surface area contributed by atoms with Crippen LogP contribution in [0.4, 0.5) is 4.39 Å². The van der Waals surface area contributed by atoms with E-state index in [-0.39, 0.29) is 17.5 Å². The van der Waals surface area contributed by atoms with Crippen LogP contribution in [0, 0.1) is 11.7 Å². The third-order valence-corrected chi connectivity index (χ3v) is 5.36. The summed E-state index contributed by atoms with van der Waals surface area (Å²) >= 11 is 1.49. The van der Waals surface area contributed by atoms with Crippen molar-refractivity contribution >= 4 is 17.2 Å². The van der Waals surface area contributed by atoms with E-state index in [1.54, 1.807) is 17.0 Å². The van der Waals surface area contributed by atoms with Gasteiger partial charge >= 0.3 is 0 Å². The number of amides is 1. The standard InChI is InChI=1S/C18H18FN5OS/c19-13-3-1-4-14(9-13)24-17(15-5-2-8-26-15)21-16(22-24)18(25)23-7-6-12(10-20)11-23/h1-5,8-9,12H,6-7,10-11,20H2. The van der Waals surface area contributed by atoms with E-state index >= 15 is 0 Å². The van der Waals surface area contributed by atoms with Crippen molar-refractivity contribution in [2.24, 2.45) is 11.7 Å². The predicted octanol–water partition coefficient (Wildman–Crippen LogP) is 2.56. The van der Waals surface area contributed by atoms with Crippen LogP contribution < -0.4 is 5.73 Å². The first-order chi connectivity index (χ1) is 12.7. The van der Waals surface area contributed by atoms with E-state index in [0.29, 0.717) is 37.1 Å². The third-order valence-electron chi connectivity index (χ3n) is 4.50. The zero-order valence-corrected chi connectivity index (χ0v) is 14.8. The fourth-order valence-electron chi connectivity index (χ4n) is 3.11. The summed E-state index contributed by atoms with van der Waals surface area (Å²) in [6.45, 7) is 1.84. The number of carbonyl (C=O) groups excluding carboxylic acids is 1. The van der Waals surface area contributed by atoms with E-state index in [1.165, 1.54) is 28.2 Å². The molecule has 134 valence electrons. The topological polar surface area (TPSA) is 77.0 Å². The van der Waals surface area contributed by atoms with Crippen molar-refractivity contribution in [1.29, 1.82) is 0 Å². The molecular formula is C18H18FN5OS. The summed E-state index contributed by atoms with van der Waals surface area (Å²) in [7, 11) is 0. The van der Waals surface area contributed by atoms with E-state index < -0.39 is 0 Å². The van der Waals surface area contributed by atoms with Crippen molar-refractivity contribution in [3.05, 3.63) is 53.4 Å². The largest absolute Gasteiger partial charge is 0.336 e. The molecule has 8 heteroatoms. The highest BCUT2D eigenvalue weighted by atomic mass is 32.1. The quantitative estimate of drug-likeness (QED) is 0.765. The van der Waals surface area contributed by atoms with Crippen LogP contribution in [0.5, 0.6) is 0 Å². The summed E-state index contributed by atoms with van der Waals surface area (Å²) in [4.78, 5) is 19.9. The molecule has 1 saturated heterocycles. The van der Waals surface area contributed by atoms with Crippen molar-refractivity contribution in [3.63, 3.8) is 0 Å². The molecule has 26 heavy (non-hydrogen) atoms. The van der Waals surface area contributed by atoms with Gasteiger partial charge in [0.2, 0.25) is 5.82 Å². The Labute approximate surface area is 154 Å². The lowest BCUT2D eigenvalue weighted by Crippen LogP contribution is -2.30. The Hall–Kier alpha value is -2.58. The van der Waals surface area contributed by atoms with Crippen LogP contribution in [0.2, 0.25) is 0 Å². The summed E-state index contributed by atoms with van der Waals surface area (Å²) in [5, 5.41) is 6.32. The zero-order chi connectivity index (χ0) is 18.1. The van der Waals surface area contributed by atoms with Crippen molar-refractivity contribution in [2.75, 3.05) is 19.6 Å². The number of hydrogen-bond acceptors (Lipinski definition) is 5. The third kappa shape index (κ3) is 3.13. The minimum atomic E-state index is -0.367. The minimum absolute atomic E-state index is 0.121. The van der Waals surface area contributed by atoms with Gasteiger partial charge in [0.15, 0.2) is 5.82 Å². The maximum atomic E-state index is 13.7. The molecule has 3 aromatic rings. The molecule has 2 N–H and O–H groups in total. The number of nitrogens with two attached hydrogens (primary N) is 1. The Morgan fingerprint density at radius 2 is 2.23 bits per heavy atom. The molecule has 3 heterocycles. The van der Waals surface area contributed by atoms with Crippen LogP contribution in [0.3, 0.4) is 0 Å². The summed E-state index contributed by atoms with van der Waals surface area (Å²) in [6.07, 6.45) is 0.893. The lowest BCUT2D eigenvalue weighted by atomic mass is 10.1. The van der Waals surface area contributed by atoms with Gasteiger partial charge in [-0.05, 0) is 48.5 Å². The molecule has 1 fully saturated rings. The van der Waals surface area contributed by atoms with Crippen LogP contribution >= 0.6 is 11.3 Å². The maximum absolute atomic E-state index is 13.7. The van der Waals surface area contributed by atoms with E-state index in [4.69, 9.17) is 5.73 Å². The van der Waals surface area contributed by atoms with Gasteiger partial charge in [-0.25, -0.2) is 14.1 Å². The van der Waals surface area contributed by atoms with E-state index in [0.717, 1.165) is 11.3 Å². The summed E-state index contributed by atoms with van der Waals surface area (Å²) in [5.74, 6) is 0.391. The number of nitrogens with zero attached hydrogens (tertiary/aromatic N) is 4. The second-order valence-corrected chi connectivity index (χ2v) is 7.22. The first kappa shape index (κ1) is 16.9. The number of rotatable bonds is 4. The van der Waals surface area contributed by atoms with Crippen LogP contribution in [0.1, 0.15) is 17.0 Å². The normalized spacial score (nSPS) is 17.0. The van der Waals surface area contributed by atoms with Crippen molar-refractivity contribution in [1.82, 2.24) is 19.7 Å². The molecule has 0 spiro atoms. The van der Waals surface area contributed by atoms with E-state index in [2.05, 4.69) is 10.1 Å². The Kier molecular flexibility index (Phi) is 4.52. The van der Waals surface area contributed by atoms with Crippen LogP contribution in [0.15, 0.2) is 41.8 Å². The lowest BCUT2D eigenvalue weighted by molar-refractivity contribution is 0.0775. The van der Waals surface area contributed by atoms with Gasteiger partial charge in [0.1, 0.15) is 5.82 Å². The average molecular weight is 371 g/mol. The first-order valence-corrected chi connectivity index (χ1v) is 9.30. The minimum Gasteiger partial charge on any atom is -0.336 e. The van der Waals surface area contributed by atoms with Gasteiger partial charge in [0, 0.05) is 13.1 Å². The smallest absolute Gasteiger partial charge is 0.293 e. The van der Waals surface area contributed by atoms with Crippen LogP contribution in [-0.2, 0) is 0 Å². The molecular weight excluding hydrogens is 353 g/mol. The zero-order valence-electron chi connectivity index (χ0n) is 14.0. The fraction of sp³-hybridized carbons (Fsp3) is 0.278. The van der Waals surface area contributed by atoms with Crippen LogP contribution in [0.25, 0.3) is 16.4 Å². The summed E-state index contributed by atoms with van der Waals surface area (Å²) in [5.41, 5.74) is 6.24. The molecule has 1 aromatic carbocycles. The number of thiophene rings is 1. The second-order valence-electron chi connectivity index (χ2n) is 6.27. The van der Waals surface area contributed by atoms with Gasteiger partial charge in [0.25, 0.3) is 5.91 Å². The molecule has 1 atom stereocenters. The molecule has 2 aromatic heterocycles. The highest BCUT2D eigenvalue weighted by Crippen LogP contribution is 2.26. The molecule has 6 nitrogen and oxygen atoms in total. The van der Waals surface area contributed by atoms with Gasteiger partial charge in [0.05, 0.1) is 10.6 Å². The van der Waals surface area contributed by atoms with E-state index in [1.807, 2.05) is 17.5 Å². The molecule has 0 bridgehead atoms. The average Bonchev–Trinajstić information content (AvgIpc) is 3.40. The summed E-state index contributed by atoms with van der Waals surface area (Å²) < 4.78 is 15.2. The first-order valence-electron chi connectivity index (χ1n) is 8.42. The summed E-state index contributed by atoms with van der Waals surface area (Å²) in [6, 6.07) is 9.90. The maximum Gasteiger partial charge on any atom is 0.293 e. The van der Waals surface area contributed by atoms with Gasteiger partial charge < -0.3 is 10.6 Å². The number of hydrogen-bond donors (Lipinski definition) is 1. The number of likely N-dealkylation sites (tertiary alicyclic amines) is 1. The lowest BCUT2D eigenvalue weighted by Gasteiger charge is -2.13. The Balaban J connectivity index is 1.73. The van der Waals surface area contributed by atoms with Crippen molar-refractivity contribution < 1.29 is 9.18 Å². The highest BCUT2D eigenvalue weighted by Gasteiger charge is 2.29. The van der Waals surface area contributed by atoms with E-state index in [9.17, 15) is 9.18 Å². The van der Waals surface area contributed by atoms with Gasteiger partial charge in [-0.2, -0.15) is 0 Å².